The molecule has 6 heteroatoms. The smallest absolute Gasteiger partial charge is 0.191 e. The number of nitrogens with one attached hydrogen (secondary N) is 2. The van der Waals surface area contributed by atoms with Crippen LogP contribution in [-0.2, 0) is 0 Å². The molecule has 0 radical (unpaired) electrons. The van der Waals surface area contributed by atoms with Gasteiger partial charge in [0.25, 0.3) is 0 Å². The number of halogens is 1. The fourth-order valence-electron chi connectivity index (χ4n) is 3.56. The van der Waals surface area contributed by atoms with E-state index in [-0.39, 0.29) is 24.0 Å². The van der Waals surface area contributed by atoms with Crippen molar-refractivity contribution >= 4 is 29.9 Å². The van der Waals surface area contributed by atoms with Gasteiger partial charge in [-0.15, -0.1) is 24.0 Å². The number of likely N-dealkylation sites (tertiary alicyclic amines) is 1. The second kappa shape index (κ2) is 12.3. The molecule has 0 aromatic heterocycles. The Hall–Kier alpha value is -0.0800. The predicted molar refractivity (Wildman–Crippen MR) is 115 cm³/mol. The molecule has 1 unspecified atom stereocenters. The van der Waals surface area contributed by atoms with Gasteiger partial charge in [-0.25, -0.2) is 0 Å². The summed E-state index contributed by atoms with van der Waals surface area (Å²) in [6, 6.07) is 1.62. The van der Waals surface area contributed by atoms with Crippen molar-refractivity contribution < 1.29 is 0 Å². The van der Waals surface area contributed by atoms with Gasteiger partial charge in [-0.1, -0.05) is 13.3 Å². The SMILES string of the molecule is CCN(CCNC(=NC)NCCCN1CCCCC1C)C1CC1.I. The van der Waals surface area contributed by atoms with Crippen LogP contribution in [0.15, 0.2) is 4.99 Å². The number of likely N-dealkylation sites (N-methyl/N-ethyl adjacent to an activating group) is 1. The van der Waals surface area contributed by atoms with Gasteiger partial charge in [0.05, 0.1) is 0 Å². The van der Waals surface area contributed by atoms with Gasteiger partial charge < -0.3 is 15.5 Å². The minimum atomic E-state index is 0. The summed E-state index contributed by atoms with van der Waals surface area (Å²) in [7, 11) is 1.86. The zero-order valence-corrected chi connectivity index (χ0v) is 18.2. The molecule has 0 aromatic rings. The number of aliphatic imine (C=N–C) groups is 1. The summed E-state index contributed by atoms with van der Waals surface area (Å²) in [6.45, 7) is 11.4. The molecule has 0 spiro atoms. The fourth-order valence-corrected chi connectivity index (χ4v) is 3.56. The van der Waals surface area contributed by atoms with Crippen LogP contribution in [0.2, 0.25) is 0 Å². The van der Waals surface area contributed by atoms with Crippen LogP contribution in [-0.4, -0.2) is 74.2 Å². The molecule has 0 amide bonds. The molecule has 2 N–H and O–H groups in total. The highest BCUT2D eigenvalue weighted by molar-refractivity contribution is 14.0. The molecule has 142 valence electrons. The highest BCUT2D eigenvalue weighted by Gasteiger charge is 2.27. The minimum Gasteiger partial charge on any atom is -0.356 e. The van der Waals surface area contributed by atoms with Crippen molar-refractivity contribution in [2.45, 2.75) is 64.5 Å². The van der Waals surface area contributed by atoms with E-state index in [1.54, 1.807) is 0 Å². The number of rotatable bonds is 9. The van der Waals surface area contributed by atoms with Crippen LogP contribution in [0.1, 0.15) is 52.4 Å². The summed E-state index contributed by atoms with van der Waals surface area (Å²) in [6.07, 6.45) is 8.10. The van der Waals surface area contributed by atoms with Crippen molar-refractivity contribution in [1.82, 2.24) is 20.4 Å². The maximum absolute atomic E-state index is 4.33. The number of hydrogen-bond acceptors (Lipinski definition) is 3. The lowest BCUT2D eigenvalue weighted by Crippen LogP contribution is -2.43. The van der Waals surface area contributed by atoms with Gasteiger partial charge in [0.1, 0.15) is 0 Å². The molecule has 1 atom stereocenters. The zero-order valence-electron chi connectivity index (χ0n) is 15.9. The molecular weight excluding hydrogens is 413 g/mol. The van der Waals surface area contributed by atoms with Crippen LogP contribution in [0.25, 0.3) is 0 Å². The summed E-state index contributed by atoms with van der Waals surface area (Å²) in [5.41, 5.74) is 0. The molecule has 1 saturated heterocycles. The highest BCUT2D eigenvalue weighted by Crippen LogP contribution is 2.25. The monoisotopic (exact) mass is 451 g/mol. The molecular formula is C18H38IN5. The van der Waals surface area contributed by atoms with E-state index in [0.717, 1.165) is 44.2 Å². The summed E-state index contributed by atoms with van der Waals surface area (Å²) in [5, 5.41) is 6.90. The van der Waals surface area contributed by atoms with Crippen LogP contribution < -0.4 is 10.6 Å². The van der Waals surface area contributed by atoms with E-state index in [1.165, 1.54) is 51.6 Å². The van der Waals surface area contributed by atoms with Crippen molar-refractivity contribution in [2.75, 3.05) is 46.3 Å². The third-order valence-corrected chi connectivity index (χ3v) is 5.24. The first-order chi connectivity index (χ1) is 11.2. The minimum absolute atomic E-state index is 0. The molecule has 2 aliphatic rings. The Morgan fingerprint density at radius 2 is 1.92 bits per heavy atom. The fraction of sp³-hybridized carbons (Fsp3) is 0.944. The largest absolute Gasteiger partial charge is 0.356 e. The summed E-state index contributed by atoms with van der Waals surface area (Å²) in [5.74, 6) is 0.948. The van der Waals surface area contributed by atoms with Gasteiger partial charge >= 0.3 is 0 Å². The van der Waals surface area contributed by atoms with Crippen molar-refractivity contribution in [3.63, 3.8) is 0 Å². The first-order valence-corrected chi connectivity index (χ1v) is 9.67. The van der Waals surface area contributed by atoms with Crippen LogP contribution in [0, 0.1) is 0 Å². The molecule has 1 aliphatic carbocycles. The lowest BCUT2D eigenvalue weighted by Gasteiger charge is -2.33. The van der Waals surface area contributed by atoms with Crippen molar-refractivity contribution in [3.8, 4) is 0 Å². The first-order valence-electron chi connectivity index (χ1n) is 9.67. The van der Waals surface area contributed by atoms with Crippen LogP contribution in [0.3, 0.4) is 0 Å². The highest BCUT2D eigenvalue weighted by atomic mass is 127. The molecule has 24 heavy (non-hydrogen) atoms. The van der Waals surface area contributed by atoms with Gasteiger partial charge in [-0.3, -0.25) is 9.89 Å². The van der Waals surface area contributed by atoms with Crippen molar-refractivity contribution in [1.29, 1.82) is 0 Å². The van der Waals surface area contributed by atoms with E-state index >= 15 is 0 Å². The molecule has 1 saturated carbocycles. The Bertz CT molecular complexity index is 359. The zero-order chi connectivity index (χ0) is 16.5. The van der Waals surface area contributed by atoms with E-state index in [4.69, 9.17) is 0 Å². The topological polar surface area (TPSA) is 42.9 Å². The van der Waals surface area contributed by atoms with E-state index in [2.05, 4.69) is 39.3 Å². The number of nitrogens with zero attached hydrogens (tertiary/aromatic N) is 3. The normalized spacial score (nSPS) is 22.3. The van der Waals surface area contributed by atoms with Crippen LogP contribution in [0.5, 0.6) is 0 Å². The Morgan fingerprint density at radius 3 is 2.54 bits per heavy atom. The van der Waals surface area contributed by atoms with Gasteiger partial charge in [-0.05, 0) is 52.1 Å². The third kappa shape index (κ3) is 7.87. The van der Waals surface area contributed by atoms with Crippen molar-refractivity contribution in [2.24, 2.45) is 4.99 Å². The van der Waals surface area contributed by atoms with E-state index in [1.807, 2.05) is 7.05 Å². The summed E-state index contributed by atoms with van der Waals surface area (Å²) in [4.78, 5) is 9.54. The second-order valence-corrected chi connectivity index (χ2v) is 7.02. The van der Waals surface area contributed by atoms with Gasteiger partial charge in [0.2, 0.25) is 0 Å². The Morgan fingerprint density at radius 1 is 1.17 bits per heavy atom. The maximum Gasteiger partial charge on any atom is 0.191 e. The maximum atomic E-state index is 4.33. The molecule has 5 nitrogen and oxygen atoms in total. The van der Waals surface area contributed by atoms with Crippen molar-refractivity contribution in [3.05, 3.63) is 0 Å². The molecule has 1 heterocycles. The molecule has 0 bridgehead atoms. The lowest BCUT2D eigenvalue weighted by atomic mass is 10.0. The standard InChI is InChI=1S/C18H37N5.HI/c1-4-22(17-9-10-17)15-12-21-18(19-3)20-11-7-14-23-13-6-5-8-16(23)2;/h16-17H,4-15H2,1-3H3,(H2,19,20,21);1H. The quantitative estimate of drug-likeness (QED) is 0.245. The average Bonchev–Trinajstić information content (AvgIpc) is 3.40. The average molecular weight is 451 g/mol. The van der Waals surface area contributed by atoms with E-state index in [9.17, 15) is 0 Å². The second-order valence-electron chi connectivity index (χ2n) is 7.02. The predicted octanol–water partition coefficient (Wildman–Crippen LogP) is 2.52. The summed E-state index contributed by atoms with van der Waals surface area (Å²) < 4.78 is 0. The molecule has 2 fully saturated rings. The number of hydrogen-bond donors (Lipinski definition) is 2. The Labute approximate surface area is 166 Å². The third-order valence-electron chi connectivity index (χ3n) is 5.24. The Kier molecular flexibility index (Phi) is 11.3. The van der Waals surface area contributed by atoms with Crippen LogP contribution >= 0.6 is 24.0 Å². The van der Waals surface area contributed by atoms with E-state index < -0.39 is 0 Å². The molecule has 2 rings (SSSR count). The van der Waals surface area contributed by atoms with Gasteiger partial charge in [0.15, 0.2) is 5.96 Å². The van der Waals surface area contributed by atoms with E-state index in [0.29, 0.717) is 0 Å². The first kappa shape index (κ1) is 22.0. The lowest BCUT2D eigenvalue weighted by molar-refractivity contribution is 0.159. The van der Waals surface area contributed by atoms with Crippen LogP contribution in [0.4, 0.5) is 0 Å². The number of piperidine rings is 1. The Balaban J connectivity index is 0.00000288. The van der Waals surface area contributed by atoms with Gasteiger partial charge in [-0.2, -0.15) is 0 Å². The summed E-state index contributed by atoms with van der Waals surface area (Å²) >= 11 is 0. The van der Waals surface area contributed by atoms with Gasteiger partial charge in [0, 0.05) is 45.3 Å². The molecule has 1 aliphatic heterocycles. The number of guanidine groups is 1. The molecule has 0 aromatic carbocycles.